The maximum atomic E-state index is 13.2. The minimum absolute atomic E-state index is 0.0252. The van der Waals surface area contributed by atoms with E-state index in [0.29, 0.717) is 25.9 Å². The van der Waals surface area contributed by atoms with Gasteiger partial charge < -0.3 is 10.0 Å². The third-order valence-electron chi connectivity index (χ3n) is 5.36. The second kappa shape index (κ2) is 7.98. The van der Waals surface area contributed by atoms with Crippen molar-refractivity contribution in [3.05, 3.63) is 35.4 Å². The standard InChI is InChI=1S/C19H26N2O5S/c1-2-11-27(25,26)21-10-6-5-9-17(21)18(22)20-12-14-7-3-4-8-15(14)16(13-20)19(23)24/h3-4,7-8,16-17H,2,5-6,9-13H2,1H3,(H,23,24). The summed E-state index contributed by atoms with van der Waals surface area (Å²) >= 11 is 0. The number of carbonyl (C=O) groups excluding carboxylic acids is 1. The Labute approximate surface area is 160 Å². The average molecular weight is 394 g/mol. The molecule has 1 aromatic carbocycles. The number of rotatable bonds is 5. The number of carbonyl (C=O) groups is 2. The minimum Gasteiger partial charge on any atom is -0.481 e. The molecule has 1 fully saturated rings. The molecule has 2 aliphatic rings. The summed E-state index contributed by atoms with van der Waals surface area (Å²) in [5, 5.41) is 9.60. The molecule has 148 valence electrons. The Bertz CT molecular complexity index is 823. The lowest BCUT2D eigenvalue weighted by Gasteiger charge is -2.39. The molecule has 1 N–H and O–H groups in total. The Morgan fingerprint density at radius 3 is 2.67 bits per heavy atom. The maximum Gasteiger partial charge on any atom is 0.312 e. The van der Waals surface area contributed by atoms with Gasteiger partial charge in [0.2, 0.25) is 15.9 Å². The van der Waals surface area contributed by atoms with Crippen molar-refractivity contribution >= 4 is 21.9 Å². The third kappa shape index (κ3) is 4.01. The van der Waals surface area contributed by atoms with Crippen molar-refractivity contribution in [1.29, 1.82) is 0 Å². The first-order valence-electron chi connectivity index (χ1n) is 9.44. The predicted octanol–water partition coefficient (Wildman–Crippen LogP) is 1.79. The molecule has 1 aromatic rings. The van der Waals surface area contributed by atoms with E-state index in [9.17, 15) is 23.1 Å². The molecule has 7 nitrogen and oxygen atoms in total. The van der Waals surface area contributed by atoms with Crippen LogP contribution in [-0.4, -0.2) is 59.5 Å². The van der Waals surface area contributed by atoms with Crippen LogP contribution >= 0.6 is 0 Å². The van der Waals surface area contributed by atoms with Gasteiger partial charge in [0, 0.05) is 19.6 Å². The Hall–Kier alpha value is -1.93. The number of piperidine rings is 1. The van der Waals surface area contributed by atoms with Crippen molar-refractivity contribution in [2.45, 2.75) is 51.1 Å². The van der Waals surface area contributed by atoms with E-state index in [1.54, 1.807) is 19.1 Å². The van der Waals surface area contributed by atoms with E-state index in [4.69, 9.17) is 0 Å². The van der Waals surface area contributed by atoms with Crippen LogP contribution in [0.2, 0.25) is 0 Å². The summed E-state index contributed by atoms with van der Waals surface area (Å²) in [6.07, 6.45) is 2.52. The first-order chi connectivity index (χ1) is 12.8. The first-order valence-corrected chi connectivity index (χ1v) is 11.0. The molecule has 0 saturated carbocycles. The summed E-state index contributed by atoms with van der Waals surface area (Å²) in [4.78, 5) is 26.5. The second-order valence-corrected chi connectivity index (χ2v) is 9.29. The Morgan fingerprint density at radius 2 is 1.96 bits per heavy atom. The fraction of sp³-hybridized carbons (Fsp3) is 0.579. The normalized spacial score (nSPS) is 23.7. The maximum absolute atomic E-state index is 13.2. The van der Waals surface area contributed by atoms with Crippen molar-refractivity contribution in [2.24, 2.45) is 0 Å². The highest BCUT2D eigenvalue weighted by atomic mass is 32.2. The minimum atomic E-state index is -3.49. The average Bonchev–Trinajstić information content (AvgIpc) is 2.66. The van der Waals surface area contributed by atoms with E-state index in [0.717, 1.165) is 24.0 Å². The molecule has 0 aliphatic carbocycles. The number of hydrogen-bond donors (Lipinski definition) is 1. The molecule has 0 spiro atoms. The van der Waals surface area contributed by atoms with Gasteiger partial charge in [0.25, 0.3) is 0 Å². The highest BCUT2D eigenvalue weighted by Crippen LogP contribution is 2.31. The van der Waals surface area contributed by atoms with Gasteiger partial charge >= 0.3 is 5.97 Å². The lowest BCUT2D eigenvalue weighted by Crippen LogP contribution is -2.54. The van der Waals surface area contributed by atoms with Gasteiger partial charge in [-0.05, 0) is 30.4 Å². The molecule has 2 aliphatic heterocycles. The van der Waals surface area contributed by atoms with Crippen LogP contribution in [0.25, 0.3) is 0 Å². The Morgan fingerprint density at radius 1 is 1.22 bits per heavy atom. The summed E-state index contributed by atoms with van der Waals surface area (Å²) < 4.78 is 26.6. The van der Waals surface area contributed by atoms with Crippen LogP contribution < -0.4 is 0 Å². The van der Waals surface area contributed by atoms with Crippen LogP contribution in [0.5, 0.6) is 0 Å². The molecular formula is C19H26N2O5S. The summed E-state index contributed by atoms with van der Waals surface area (Å²) in [6.45, 7) is 2.54. The lowest BCUT2D eigenvalue weighted by atomic mass is 9.89. The molecule has 0 radical (unpaired) electrons. The summed E-state index contributed by atoms with van der Waals surface area (Å²) in [6, 6.07) is 6.51. The van der Waals surface area contributed by atoms with E-state index >= 15 is 0 Å². The molecule has 1 amide bonds. The number of fused-ring (bicyclic) bond motifs is 1. The zero-order valence-electron chi connectivity index (χ0n) is 15.5. The van der Waals surface area contributed by atoms with Crippen LogP contribution in [0.4, 0.5) is 0 Å². The number of nitrogens with zero attached hydrogens (tertiary/aromatic N) is 2. The van der Waals surface area contributed by atoms with Crippen LogP contribution in [0.15, 0.2) is 24.3 Å². The summed E-state index contributed by atoms with van der Waals surface area (Å²) in [5.41, 5.74) is 1.54. The van der Waals surface area contributed by atoms with Crippen LogP contribution in [0, 0.1) is 0 Å². The molecule has 2 atom stereocenters. The topological polar surface area (TPSA) is 95.0 Å². The summed E-state index contributed by atoms with van der Waals surface area (Å²) in [7, 11) is -3.49. The largest absolute Gasteiger partial charge is 0.481 e. The fourth-order valence-electron chi connectivity index (χ4n) is 4.06. The number of carboxylic acid groups (broad SMARTS) is 1. The van der Waals surface area contributed by atoms with Gasteiger partial charge in [0.1, 0.15) is 6.04 Å². The molecular weight excluding hydrogens is 368 g/mol. The molecule has 27 heavy (non-hydrogen) atoms. The van der Waals surface area contributed by atoms with Gasteiger partial charge in [-0.15, -0.1) is 0 Å². The third-order valence-corrected chi connectivity index (χ3v) is 7.44. The number of amides is 1. The number of benzene rings is 1. The molecule has 0 bridgehead atoms. The van der Waals surface area contributed by atoms with Gasteiger partial charge in [-0.3, -0.25) is 9.59 Å². The smallest absolute Gasteiger partial charge is 0.312 e. The lowest BCUT2D eigenvalue weighted by molar-refractivity contribution is -0.143. The van der Waals surface area contributed by atoms with Crippen molar-refractivity contribution in [3.8, 4) is 0 Å². The van der Waals surface area contributed by atoms with Crippen molar-refractivity contribution < 1.29 is 23.1 Å². The number of hydrogen-bond acceptors (Lipinski definition) is 4. The molecule has 8 heteroatoms. The Kier molecular flexibility index (Phi) is 5.86. The number of sulfonamides is 1. The predicted molar refractivity (Wildman–Crippen MR) is 101 cm³/mol. The quantitative estimate of drug-likeness (QED) is 0.822. The summed E-state index contributed by atoms with van der Waals surface area (Å²) in [5.74, 6) is -2.02. The fourth-order valence-corrected chi connectivity index (χ4v) is 5.80. The van der Waals surface area contributed by atoms with E-state index in [2.05, 4.69) is 0 Å². The second-order valence-electron chi connectivity index (χ2n) is 7.25. The van der Waals surface area contributed by atoms with Gasteiger partial charge in [-0.25, -0.2) is 8.42 Å². The highest BCUT2D eigenvalue weighted by molar-refractivity contribution is 7.89. The zero-order valence-corrected chi connectivity index (χ0v) is 16.3. The van der Waals surface area contributed by atoms with Crippen molar-refractivity contribution in [2.75, 3.05) is 18.8 Å². The van der Waals surface area contributed by atoms with Crippen LogP contribution in [-0.2, 0) is 26.2 Å². The zero-order chi connectivity index (χ0) is 19.6. The number of aliphatic carboxylic acids is 1. The SMILES string of the molecule is CCCS(=O)(=O)N1CCCCC1C(=O)N1Cc2ccccc2C(C(=O)O)C1. The van der Waals surface area contributed by atoms with Gasteiger partial charge in [-0.1, -0.05) is 37.6 Å². The molecule has 0 aromatic heterocycles. The van der Waals surface area contributed by atoms with Crippen molar-refractivity contribution in [1.82, 2.24) is 9.21 Å². The van der Waals surface area contributed by atoms with Crippen LogP contribution in [0.3, 0.4) is 0 Å². The van der Waals surface area contributed by atoms with E-state index < -0.39 is 28.0 Å². The Balaban J connectivity index is 1.87. The van der Waals surface area contributed by atoms with E-state index in [1.807, 2.05) is 12.1 Å². The van der Waals surface area contributed by atoms with Gasteiger partial charge in [-0.2, -0.15) is 4.31 Å². The van der Waals surface area contributed by atoms with E-state index in [-0.39, 0.29) is 18.2 Å². The van der Waals surface area contributed by atoms with Gasteiger partial charge in [0.05, 0.1) is 11.7 Å². The molecule has 2 heterocycles. The van der Waals surface area contributed by atoms with Crippen LogP contribution in [0.1, 0.15) is 49.7 Å². The van der Waals surface area contributed by atoms with Crippen molar-refractivity contribution in [3.63, 3.8) is 0 Å². The monoisotopic (exact) mass is 394 g/mol. The number of carboxylic acids is 1. The first kappa shape index (κ1) is 19.8. The van der Waals surface area contributed by atoms with E-state index in [1.165, 1.54) is 9.21 Å². The molecule has 2 unspecified atom stereocenters. The molecule has 1 saturated heterocycles. The highest BCUT2D eigenvalue weighted by Gasteiger charge is 2.41. The molecule has 3 rings (SSSR count). The van der Waals surface area contributed by atoms with Gasteiger partial charge in [0.15, 0.2) is 0 Å².